The van der Waals surface area contributed by atoms with Crippen molar-refractivity contribution in [3.05, 3.63) is 57.3 Å². The van der Waals surface area contributed by atoms with Gasteiger partial charge in [0.1, 0.15) is 16.6 Å². The first-order valence-electron chi connectivity index (χ1n) is 12.5. The van der Waals surface area contributed by atoms with Crippen LogP contribution in [0.2, 0.25) is 5.02 Å². The van der Waals surface area contributed by atoms with Crippen molar-refractivity contribution < 1.29 is 22.2 Å². The van der Waals surface area contributed by atoms with Crippen molar-refractivity contribution in [2.24, 2.45) is 0 Å². The minimum atomic E-state index is -3.88. The number of fused-ring (bicyclic) bond motifs is 2. The Bertz CT molecular complexity index is 1710. The number of aryl methyl sites for hydroxylation is 1. The predicted molar refractivity (Wildman–Crippen MR) is 143 cm³/mol. The molecule has 6 rings (SSSR count). The number of nitrogens with zero attached hydrogens (tertiary/aromatic N) is 4. The van der Waals surface area contributed by atoms with E-state index in [9.17, 15) is 13.2 Å². The molecule has 206 valence electrons. The quantitative estimate of drug-likeness (QED) is 0.287. The number of H-pyrrole nitrogens is 2. The number of benzene rings is 1. The average Bonchev–Trinajstić information content (AvgIpc) is 3.64. The van der Waals surface area contributed by atoms with Gasteiger partial charge in [-0.25, -0.2) is 18.6 Å². The number of carbonyl (C=O) groups is 1. The topological polar surface area (TPSA) is 153 Å². The van der Waals surface area contributed by atoms with Crippen LogP contribution in [0.15, 0.2) is 38.2 Å². The lowest BCUT2D eigenvalue weighted by Crippen LogP contribution is -2.56. The van der Waals surface area contributed by atoms with Crippen molar-refractivity contribution in [3.8, 4) is 0 Å². The molecule has 2 unspecified atom stereocenters. The molecular formula is C24H26ClN7O5S2. The number of oxazole rings is 1. The number of carbonyl (C=O) groups excluding carboxylic acids is 1. The van der Waals surface area contributed by atoms with Crippen LogP contribution in [0.1, 0.15) is 41.3 Å². The molecule has 2 atom stereocenters. The number of hydrogen-bond donors (Lipinski definition) is 3. The summed E-state index contributed by atoms with van der Waals surface area (Å²) in [6.07, 6.45) is 1.48. The number of nitrogens with one attached hydrogen (secondary N) is 3. The van der Waals surface area contributed by atoms with Gasteiger partial charge in [-0.15, -0.1) is 0 Å². The number of amides is 1. The third-order valence-corrected chi connectivity index (χ3v) is 9.35. The highest BCUT2D eigenvalue weighted by atomic mass is 35.5. The SMILES string of the molecule is CC1Cc2nc(C(=O)N3CCN(S(=O)(=O)c4cc5cc(Cl)ccc5[nH]4)CC3CCc3nc(=S)o[nH]3)oc2CN1. The van der Waals surface area contributed by atoms with E-state index in [4.69, 9.17) is 32.8 Å². The van der Waals surface area contributed by atoms with Gasteiger partial charge in [0.05, 0.1) is 12.2 Å². The van der Waals surface area contributed by atoms with Gasteiger partial charge in [0, 0.05) is 60.5 Å². The van der Waals surface area contributed by atoms with Crippen molar-refractivity contribution in [2.45, 2.75) is 49.8 Å². The van der Waals surface area contributed by atoms with Gasteiger partial charge in [-0.2, -0.15) is 9.29 Å². The number of piperazine rings is 1. The Balaban J connectivity index is 1.27. The Morgan fingerprint density at radius 3 is 2.90 bits per heavy atom. The van der Waals surface area contributed by atoms with Crippen LogP contribution in [0.3, 0.4) is 0 Å². The second-order valence-electron chi connectivity index (χ2n) is 9.82. The van der Waals surface area contributed by atoms with Crippen LogP contribution < -0.4 is 5.32 Å². The first kappa shape index (κ1) is 26.2. The fraction of sp³-hybridized carbons (Fsp3) is 0.417. The molecule has 15 heteroatoms. The fourth-order valence-corrected chi connectivity index (χ4v) is 6.92. The van der Waals surface area contributed by atoms with Gasteiger partial charge >= 0.3 is 10.7 Å². The van der Waals surface area contributed by atoms with E-state index in [2.05, 4.69) is 25.4 Å². The van der Waals surface area contributed by atoms with E-state index in [1.807, 2.05) is 6.92 Å². The van der Waals surface area contributed by atoms with Crippen LogP contribution in [0.25, 0.3) is 10.9 Å². The van der Waals surface area contributed by atoms with Crippen LogP contribution >= 0.6 is 23.8 Å². The van der Waals surface area contributed by atoms with Crippen molar-refractivity contribution >= 4 is 50.7 Å². The molecule has 0 radical (unpaired) electrons. The first-order chi connectivity index (χ1) is 18.7. The predicted octanol–water partition coefficient (Wildman–Crippen LogP) is 3.04. The van der Waals surface area contributed by atoms with Crippen molar-refractivity contribution in [3.63, 3.8) is 0 Å². The Morgan fingerprint density at radius 2 is 2.10 bits per heavy atom. The van der Waals surface area contributed by atoms with Gasteiger partial charge < -0.3 is 24.1 Å². The minimum Gasteiger partial charge on any atom is -0.436 e. The molecule has 0 aliphatic carbocycles. The van der Waals surface area contributed by atoms with E-state index in [0.717, 1.165) is 5.69 Å². The molecule has 3 aromatic heterocycles. The standard InChI is InChI=1S/C24H26ClN7O5S2/c1-13-8-18-19(11-26-13)36-22(28-18)23(33)32-7-6-31(12-16(32)3-5-20-29-24(38)37-30-20)39(34,35)21-10-14-9-15(25)2-4-17(14)27-21/h2,4,9-10,13,16,26-27H,3,5-8,11-12H2,1H3,(H,29,30,38). The summed E-state index contributed by atoms with van der Waals surface area (Å²) in [5, 5.41) is 7.25. The molecule has 5 heterocycles. The van der Waals surface area contributed by atoms with Gasteiger partial charge in [0.15, 0.2) is 0 Å². The molecule has 39 heavy (non-hydrogen) atoms. The first-order valence-corrected chi connectivity index (χ1v) is 14.8. The zero-order valence-electron chi connectivity index (χ0n) is 20.9. The summed E-state index contributed by atoms with van der Waals surface area (Å²) in [4.78, 5) is 26.9. The van der Waals surface area contributed by atoms with E-state index in [-0.39, 0.29) is 47.3 Å². The fourth-order valence-electron chi connectivity index (χ4n) is 5.11. The molecule has 4 aromatic rings. The molecule has 1 fully saturated rings. The van der Waals surface area contributed by atoms with Gasteiger partial charge in [-0.1, -0.05) is 11.6 Å². The van der Waals surface area contributed by atoms with Crippen LogP contribution in [-0.2, 0) is 29.4 Å². The molecule has 2 aliphatic heterocycles. The smallest absolute Gasteiger partial charge is 0.314 e. The third-order valence-electron chi connectivity index (χ3n) is 7.15. The average molecular weight is 592 g/mol. The molecule has 1 amide bonds. The van der Waals surface area contributed by atoms with Gasteiger partial charge in [-0.05, 0) is 49.8 Å². The highest BCUT2D eigenvalue weighted by Gasteiger charge is 2.39. The maximum Gasteiger partial charge on any atom is 0.314 e. The zero-order valence-corrected chi connectivity index (χ0v) is 23.3. The Hall–Kier alpha value is -3.04. The Morgan fingerprint density at radius 1 is 1.26 bits per heavy atom. The third kappa shape index (κ3) is 5.14. The summed E-state index contributed by atoms with van der Waals surface area (Å²) in [6.45, 7) is 2.93. The number of hydrogen-bond acceptors (Lipinski definition) is 9. The van der Waals surface area contributed by atoms with E-state index in [1.54, 1.807) is 29.2 Å². The van der Waals surface area contributed by atoms with Crippen molar-refractivity contribution in [1.29, 1.82) is 0 Å². The van der Waals surface area contributed by atoms with Crippen LogP contribution in [0.4, 0.5) is 0 Å². The van der Waals surface area contributed by atoms with Crippen LogP contribution in [-0.4, -0.2) is 75.4 Å². The van der Waals surface area contributed by atoms with Gasteiger partial charge in [0.2, 0.25) is 0 Å². The van der Waals surface area contributed by atoms with Gasteiger partial charge in [-0.3, -0.25) is 4.79 Å². The lowest BCUT2D eigenvalue weighted by Gasteiger charge is -2.40. The van der Waals surface area contributed by atoms with Crippen molar-refractivity contribution in [1.82, 2.24) is 34.6 Å². The second-order valence-corrected chi connectivity index (χ2v) is 12.5. The number of rotatable bonds is 6. The molecule has 3 N–H and O–H groups in total. The molecule has 2 aliphatic rings. The number of sulfonamides is 1. The molecular weight excluding hydrogens is 566 g/mol. The summed E-state index contributed by atoms with van der Waals surface area (Å²) < 4.78 is 39.5. The van der Waals surface area contributed by atoms with E-state index in [1.165, 1.54) is 4.31 Å². The summed E-state index contributed by atoms with van der Waals surface area (Å²) >= 11 is 11.0. The number of aromatic nitrogens is 4. The lowest BCUT2D eigenvalue weighted by molar-refractivity contribution is 0.0509. The number of halogens is 1. The maximum atomic E-state index is 13.6. The van der Waals surface area contributed by atoms with Crippen LogP contribution in [0.5, 0.6) is 0 Å². The lowest BCUT2D eigenvalue weighted by atomic mass is 10.1. The summed E-state index contributed by atoms with van der Waals surface area (Å²) in [5.41, 5.74) is 1.44. The largest absolute Gasteiger partial charge is 0.436 e. The maximum absolute atomic E-state index is 13.6. The van der Waals surface area contributed by atoms with Gasteiger partial charge in [0.25, 0.3) is 15.9 Å². The minimum absolute atomic E-state index is 0.0190. The molecule has 12 nitrogen and oxygen atoms in total. The zero-order chi connectivity index (χ0) is 27.3. The second kappa shape index (κ2) is 10.2. The molecule has 0 saturated carbocycles. The molecule has 0 bridgehead atoms. The Kier molecular flexibility index (Phi) is 6.83. The van der Waals surface area contributed by atoms with Crippen molar-refractivity contribution in [2.75, 3.05) is 19.6 Å². The normalized spacial score (nSPS) is 20.4. The summed E-state index contributed by atoms with van der Waals surface area (Å²) in [6, 6.07) is 6.48. The highest BCUT2D eigenvalue weighted by Crippen LogP contribution is 2.28. The van der Waals surface area contributed by atoms with E-state index in [0.29, 0.717) is 53.3 Å². The molecule has 1 aromatic carbocycles. The van der Waals surface area contributed by atoms with E-state index < -0.39 is 16.1 Å². The summed E-state index contributed by atoms with van der Waals surface area (Å²) in [7, 11) is -3.88. The monoisotopic (exact) mass is 591 g/mol. The molecule has 0 spiro atoms. The summed E-state index contributed by atoms with van der Waals surface area (Å²) in [5.74, 6) is 0.827. The Labute approximate surface area is 233 Å². The number of aromatic amines is 2. The molecule has 1 saturated heterocycles. The van der Waals surface area contributed by atoms with E-state index >= 15 is 0 Å². The van der Waals surface area contributed by atoms with Crippen LogP contribution in [0, 0.1) is 4.84 Å². The highest BCUT2D eigenvalue weighted by molar-refractivity contribution is 7.89.